The van der Waals surface area contributed by atoms with Gasteiger partial charge in [-0.05, 0) is 38.0 Å². The number of amides is 1. The number of pyridine rings is 1. The summed E-state index contributed by atoms with van der Waals surface area (Å²) in [6.07, 6.45) is 0.946. The minimum absolute atomic E-state index is 0.0249. The third-order valence-electron chi connectivity index (χ3n) is 5.02. The van der Waals surface area contributed by atoms with Crippen LogP contribution in [0.1, 0.15) is 25.3 Å². The Morgan fingerprint density at radius 2 is 1.91 bits per heavy atom. The second-order valence-corrected chi connectivity index (χ2v) is 10.9. The summed E-state index contributed by atoms with van der Waals surface area (Å²) in [6.45, 7) is 2.03. The molecule has 0 radical (unpaired) electrons. The normalized spacial score (nSPS) is 15.2. The topological polar surface area (TPSA) is 129 Å². The van der Waals surface area contributed by atoms with E-state index in [1.54, 1.807) is 31.2 Å². The van der Waals surface area contributed by atoms with Gasteiger partial charge < -0.3 is 14.3 Å². The standard InChI is InChI=1S/C22H24N4O6S2/c1-13(12-30-2)32-26-19(14-4-6-15(7-5-14)34(28,29)16-8-9-16)20(27)25-22-23-17-10-11-18(31-3)24-21(17)33-22/h4-7,10-11,13,16H,8-9,12H2,1-3H3,(H,23,25,27)/t13-/m1/s1. The zero-order valence-electron chi connectivity index (χ0n) is 18.8. The van der Waals surface area contributed by atoms with Crippen molar-refractivity contribution in [1.82, 2.24) is 9.97 Å². The van der Waals surface area contributed by atoms with Gasteiger partial charge in [-0.1, -0.05) is 28.6 Å². The molecule has 2 heterocycles. The molecule has 1 N–H and O–H groups in total. The number of methoxy groups -OCH3 is 2. The number of ether oxygens (including phenoxy) is 2. The first-order valence-corrected chi connectivity index (χ1v) is 12.9. The molecular weight excluding hydrogens is 480 g/mol. The number of hydrogen-bond acceptors (Lipinski definition) is 10. The van der Waals surface area contributed by atoms with E-state index in [1.807, 2.05) is 0 Å². The number of nitrogens with zero attached hydrogens (tertiary/aromatic N) is 3. The van der Waals surface area contributed by atoms with Gasteiger partial charge in [-0.25, -0.2) is 18.4 Å². The maximum Gasteiger partial charge on any atom is 0.280 e. The summed E-state index contributed by atoms with van der Waals surface area (Å²) in [7, 11) is -0.290. The highest BCUT2D eigenvalue weighted by Crippen LogP contribution is 2.33. The first-order valence-electron chi connectivity index (χ1n) is 10.5. The summed E-state index contributed by atoms with van der Waals surface area (Å²) < 4.78 is 35.2. The lowest BCUT2D eigenvalue weighted by atomic mass is 10.1. The molecule has 34 heavy (non-hydrogen) atoms. The van der Waals surface area contributed by atoms with E-state index in [-0.39, 0.29) is 22.5 Å². The lowest BCUT2D eigenvalue weighted by Gasteiger charge is -2.11. The summed E-state index contributed by atoms with van der Waals surface area (Å²) in [5, 5.41) is 6.77. The van der Waals surface area contributed by atoms with Crippen LogP contribution in [-0.4, -0.2) is 62.2 Å². The molecule has 1 saturated carbocycles. The van der Waals surface area contributed by atoms with Gasteiger partial charge in [0.05, 0.1) is 23.9 Å². The largest absolute Gasteiger partial charge is 0.481 e. The van der Waals surface area contributed by atoms with Crippen molar-refractivity contribution in [3.63, 3.8) is 0 Å². The van der Waals surface area contributed by atoms with Crippen LogP contribution in [0.5, 0.6) is 5.88 Å². The molecule has 1 atom stereocenters. The summed E-state index contributed by atoms with van der Waals surface area (Å²) in [5.41, 5.74) is 0.986. The molecule has 1 fully saturated rings. The Morgan fingerprint density at radius 1 is 1.18 bits per heavy atom. The highest BCUT2D eigenvalue weighted by atomic mass is 32.2. The van der Waals surface area contributed by atoms with E-state index in [0.717, 1.165) is 0 Å². The predicted molar refractivity (Wildman–Crippen MR) is 128 cm³/mol. The number of thiazole rings is 1. The molecule has 0 unspecified atom stereocenters. The van der Waals surface area contributed by atoms with Crippen LogP contribution >= 0.6 is 11.3 Å². The van der Waals surface area contributed by atoms with Gasteiger partial charge >= 0.3 is 0 Å². The van der Waals surface area contributed by atoms with E-state index in [4.69, 9.17) is 14.3 Å². The number of aromatic nitrogens is 2. The Labute approximate surface area is 200 Å². The van der Waals surface area contributed by atoms with Gasteiger partial charge in [0.15, 0.2) is 20.7 Å². The molecule has 1 aromatic carbocycles. The van der Waals surface area contributed by atoms with Crippen LogP contribution < -0.4 is 10.1 Å². The molecule has 0 saturated heterocycles. The molecule has 180 valence electrons. The number of carbonyl (C=O) groups is 1. The highest BCUT2D eigenvalue weighted by Gasteiger charge is 2.36. The number of nitrogens with one attached hydrogen (secondary N) is 1. The molecular formula is C22H24N4O6S2. The number of rotatable bonds is 10. The fourth-order valence-electron chi connectivity index (χ4n) is 3.13. The van der Waals surface area contributed by atoms with Crippen LogP contribution in [0.15, 0.2) is 46.4 Å². The van der Waals surface area contributed by atoms with Crippen molar-refractivity contribution in [3.05, 3.63) is 42.0 Å². The molecule has 1 amide bonds. The molecule has 1 aliphatic rings. The average Bonchev–Trinajstić information content (AvgIpc) is 3.61. The summed E-state index contributed by atoms with van der Waals surface area (Å²) in [6, 6.07) is 9.49. The van der Waals surface area contributed by atoms with E-state index in [1.165, 1.54) is 37.7 Å². The van der Waals surface area contributed by atoms with Crippen LogP contribution in [0.2, 0.25) is 0 Å². The third-order valence-corrected chi connectivity index (χ3v) is 8.18. The van der Waals surface area contributed by atoms with Crippen molar-refractivity contribution in [1.29, 1.82) is 0 Å². The zero-order chi connectivity index (χ0) is 24.3. The lowest BCUT2D eigenvalue weighted by molar-refractivity contribution is -0.110. The molecule has 0 spiro atoms. The Balaban J connectivity index is 1.60. The van der Waals surface area contributed by atoms with Gasteiger partial charge in [-0.15, -0.1) is 0 Å². The van der Waals surface area contributed by atoms with Crippen molar-refractivity contribution >= 4 is 48.3 Å². The smallest absolute Gasteiger partial charge is 0.280 e. The zero-order valence-corrected chi connectivity index (χ0v) is 20.5. The van der Waals surface area contributed by atoms with Gasteiger partial charge in [0.25, 0.3) is 5.91 Å². The van der Waals surface area contributed by atoms with Crippen LogP contribution in [0.25, 0.3) is 10.3 Å². The minimum atomic E-state index is -3.34. The second kappa shape index (κ2) is 10.0. The number of anilines is 1. The number of benzene rings is 1. The number of carbonyl (C=O) groups excluding carboxylic acids is 1. The van der Waals surface area contributed by atoms with Crippen LogP contribution in [0, 0.1) is 0 Å². The minimum Gasteiger partial charge on any atom is -0.481 e. The first kappa shape index (κ1) is 24.0. The molecule has 0 aliphatic heterocycles. The Hall–Kier alpha value is -3.09. The molecule has 3 aromatic rings. The van der Waals surface area contributed by atoms with Crippen molar-refractivity contribution in [2.75, 3.05) is 26.1 Å². The average molecular weight is 505 g/mol. The van der Waals surface area contributed by atoms with Crippen molar-refractivity contribution < 1.29 is 27.5 Å². The van der Waals surface area contributed by atoms with E-state index in [0.29, 0.717) is 39.8 Å². The fraction of sp³-hybridized carbons (Fsp3) is 0.364. The van der Waals surface area contributed by atoms with Gasteiger partial charge in [0.2, 0.25) is 5.88 Å². The molecule has 1 aliphatic carbocycles. The Bertz CT molecular complexity index is 1320. The third kappa shape index (κ3) is 5.34. The predicted octanol–water partition coefficient (Wildman–Crippen LogP) is 3.03. The summed E-state index contributed by atoms with van der Waals surface area (Å²) >= 11 is 1.19. The maximum absolute atomic E-state index is 13.1. The summed E-state index contributed by atoms with van der Waals surface area (Å²) in [5.74, 6) is -0.119. The highest BCUT2D eigenvalue weighted by molar-refractivity contribution is 7.92. The quantitative estimate of drug-likeness (QED) is 0.329. The molecule has 4 rings (SSSR count). The molecule has 0 bridgehead atoms. The Kier molecular flexibility index (Phi) is 7.10. The van der Waals surface area contributed by atoms with Crippen molar-refractivity contribution in [3.8, 4) is 5.88 Å². The molecule has 12 heteroatoms. The summed E-state index contributed by atoms with van der Waals surface area (Å²) in [4.78, 5) is 28.1. The van der Waals surface area contributed by atoms with Gasteiger partial charge in [-0.2, -0.15) is 0 Å². The number of fused-ring (bicyclic) bond motifs is 1. The van der Waals surface area contributed by atoms with Crippen LogP contribution in [0.3, 0.4) is 0 Å². The van der Waals surface area contributed by atoms with Crippen molar-refractivity contribution in [2.24, 2.45) is 5.16 Å². The second-order valence-electron chi connectivity index (χ2n) is 7.73. The van der Waals surface area contributed by atoms with Gasteiger partial charge in [0, 0.05) is 18.7 Å². The maximum atomic E-state index is 13.1. The lowest BCUT2D eigenvalue weighted by Crippen LogP contribution is -2.25. The van der Waals surface area contributed by atoms with Crippen molar-refractivity contribution in [2.45, 2.75) is 36.0 Å². The number of sulfone groups is 1. The van der Waals surface area contributed by atoms with Gasteiger partial charge in [-0.3, -0.25) is 10.1 Å². The molecule has 2 aromatic heterocycles. The fourth-order valence-corrected chi connectivity index (χ4v) is 5.61. The van der Waals surface area contributed by atoms with Gasteiger partial charge in [0.1, 0.15) is 16.5 Å². The SMILES string of the molecule is COC[C@@H](C)ON=C(C(=O)Nc1nc2ccc(OC)nc2s1)c1ccc(S(=O)(=O)C2CC2)cc1. The van der Waals surface area contributed by atoms with E-state index < -0.39 is 21.8 Å². The molecule has 10 nitrogen and oxygen atoms in total. The van der Waals surface area contributed by atoms with Crippen LogP contribution in [-0.2, 0) is 24.2 Å². The van der Waals surface area contributed by atoms with Crippen LogP contribution in [0.4, 0.5) is 5.13 Å². The monoisotopic (exact) mass is 504 g/mol. The number of hydrogen-bond donors (Lipinski definition) is 1. The van der Waals surface area contributed by atoms with E-state index >= 15 is 0 Å². The van der Waals surface area contributed by atoms with E-state index in [9.17, 15) is 13.2 Å². The number of oxime groups is 1. The van der Waals surface area contributed by atoms with E-state index in [2.05, 4.69) is 20.4 Å². The Morgan fingerprint density at radius 3 is 2.56 bits per heavy atom. The first-order chi connectivity index (χ1) is 16.3.